The van der Waals surface area contributed by atoms with Gasteiger partial charge in [0.05, 0.1) is 6.10 Å². The van der Waals surface area contributed by atoms with Crippen LogP contribution in [0.3, 0.4) is 0 Å². The fourth-order valence-corrected chi connectivity index (χ4v) is 5.17. The van der Waals surface area contributed by atoms with Crippen LogP contribution in [0.2, 0.25) is 0 Å². The van der Waals surface area contributed by atoms with Gasteiger partial charge in [0.2, 0.25) is 0 Å². The standard InChI is InChI=1S/C16H21NOS/c17-16(7-8-18-15(16)11-5-6-11)10-13-9-12-3-1-2-4-14(12)19-13/h1-4,11,13,15H,5-10,17H2. The number of hydrogen-bond acceptors (Lipinski definition) is 3. The Balaban J connectivity index is 1.47. The molecule has 0 amide bonds. The first-order valence-corrected chi connectivity index (χ1v) is 8.28. The molecule has 1 aromatic carbocycles. The van der Waals surface area contributed by atoms with E-state index in [2.05, 4.69) is 24.3 Å². The van der Waals surface area contributed by atoms with Crippen LogP contribution in [0, 0.1) is 5.92 Å². The largest absolute Gasteiger partial charge is 0.376 e. The molecule has 2 nitrogen and oxygen atoms in total. The van der Waals surface area contributed by atoms with Crippen molar-refractivity contribution in [3.8, 4) is 0 Å². The second-order valence-corrected chi connectivity index (χ2v) is 7.71. The molecule has 1 saturated heterocycles. The highest BCUT2D eigenvalue weighted by atomic mass is 32.2. The van der Waals surface area contributed by atoms with Gasteiger partial charge in [-0.1, -0.05) is 18.2 Å². The molecule has 0 bridgehead atoms. The molecule has 102 valence electrons. The van der Waals surface area contributed by atoms with Crippen LogP contribution < -0.4 is 5.73 Å². The molecule has 1 saturated carbocycles. The van der Waals surface area contributed by atoms with Gasteiger partial charge in [-0.2, -0.15) is 0 Å². The summed E-state index contributed by atoms with van der Waals surface area (Å²) in [6.45, 7) is 0.863. The van der Waals surface area contributed by atoms with Crippen LogP contribution in [-0.2, 0) is 11.2 Å². The lowest BCUT2D eigenvalue weighted by atomic mass is 9.84. The molecule has 2 fully saturated rings. The third-order valence-electron chi connectivity index (χ3n) is 4.80. The van der Waals surface area contributed by atoms with E-state index in [1.54, 1.807) is 0 Å². The normalized spacial score (nSPS) is 37.5. The molecule has 3 unspecified atom stereocenters. The zero-order chi connectivity index (χ0) is 12.9. The predicted octanol–water partition coefficient (Wildman–Crippen LogP) is 2.99. The minimum atomic E-state index is -0.0686. The lowest BCUT2D eigenvalue weighted by Crippen LogP contribution is -2.50. The van der Waals surface area contributed by atoms with E-state index in [-0.39, 0.29) is 5.54 Å². The van der Waals surface area contributed by atoms with Crippen LogP contribution in [0.5, 0.6) is 0 Å². The molecular weight excluding hydrogens is 254 g/mol. The van der Waals surface area contributed by atoms with Crippen LogP contribution in [0.15, 0.2) is 29.2 Å². The van der Waals surface area contributed by atoms with Gasteiger partial charge in [0.15, 0.2) is 0 Å². The second-order valence-electron chi connectivity index (χ2n) is 6.37. The van der Waals surface area contributed by atoms with Crippen molar-refractivity contribution >= 4 is 11.8 Å². The molecule has 2 aliphatic heterocycles. The summed E-state index contributed by atoms with van der Waals surface area (Å²) < 4.78 is 5.95. The number of fused-ring (bicyclic) bond motifs is 1. The molecule has 1 aliphatic carbocycles. The maximum atomic E-state index is 6.72. The summed E-state index contributed by atoms with van der Waals surface area (Å²) in [7, 11) is 0. The van der Waals surface area contributed by atoms with Gasteiger partial charge in [0.1, 0.15) is 0 Å². The lowest BCUT2D eigenvalue weighted by Gasteiger charge is -2.32. The number of nitrogens with two attached hydrogens (primary N) is 1. The van der Waals surface area contributed by atoms with Crippen molar-refractivity contribution in [1.29, 1.82) is 0 Å². The van der Waals surface area contributed by atoms with E-state index in [1.807, 2.05) is 11.8 Å². The molecule has 0 spiro atoms. The SMILES string of the molecule is NC1(CC2Cc3ccccc3S2)CCOC1C1CC1. The zero-order valence-electron chi connectivity index (χ0n) is 11.2. The minimum absolute atomic E-state index is 0.0686. The van der Waals surface area contributed by atoms with Crippen LogP contribution in [0.4, 0.5) is 0 Å². The van der Waals surface area contributed by atoms with Gasteiger partial charge in [-0.05, 0) is 49.7 Å². The second kappa shape index (κ2) is 4.51. The first-order chi connectivity index (χ1) is 9.24. The molecule has 4 rings (SSSR count). The van der Waals surface area contributed by atoms with Crippen LogP contribution in [0.25, 0.3) is 0 Å². The fraction of sp³-hybridized carbons (Fsp3) is 0.625. The zero-order valence-corrected chi connectivity index (χ0v) is 12.0. The average Bonchev–Trinajstić information content (AvgIpc) is 3.04. The average molecular weight is 275 g/mol. The van der Waals surface area contributed by atoms with Gasteiger partial charge < -0.3 is 10.5 Å². The highest BCUT2D eigenvalue weighted by Gasteiger charge is 2.49. The van der Waals surface area contributed by atoms with Crippen LogP contribution in [-0.4, -0.2) is 23.5 Å². The molecule has 3 aliphatic rings. The number of hydrogen-bond donors (Lipinski definition) is 1. The third-order valence-corrected chi connectivity index (χ3v) is 6.12. The lowest BCUT2D eigenvalue weighted by molar-refractivity contribution is 0.0601. The van der Waals surface area contributed by atoms with E-state index in [1.165, 1.54) is 29.7 Å². The predicted molar refractivity (Wildman–Crippen MR) is 78.4 cm³/mol. The Kier molecular flexibility index (Phi) is 2.90. The summed E-state index contributed by atoms with van der Waals surface area (Å²) in [5.41, 5.74) is 8.15. The Morgan fingerprint density at radius 1 is 1.32 bits per heavy atom. The van der Waals surface area contributed by atoms with Gasteiger partial charge in [-0.15, -0.1) is 11.8 Å². The van der Waals surface area contributed by atoms with Gasteiger partial charge >= 0.3 is 0 Å². The van der Waals surface area contributed by atoms with Crippen molar-refractivity contribution in [2.75, 3.05) is 6.61 Å². The Morgan fingerprint density at radius 3 is 2.95 bits per heavy atom. The van der Waals surface area contributed by atoms with Crippen molar-refractivity contribution in [2.45, 2.75) is 53.9 Å². The van der Waals surface area contributed by atoms with Crippen molar-refractivity contribution in [1.82, 2.24) is 0 Å². The smallest absolute Gasteiger partial charge is 0.0783 e. The maximum Gasteiger partial charge on any atom is 0.0783 e. The van der Waals surface area contributed by atoms with E-state index in [0.29, 0.717) is 11.4 Å². The van der Waals surface area contributed by atoms with Crippen molar-refractivity contribution in [3.05, 3.63) is 29.8 Å². The summed E-state index contributed by atoms with van der Waals surface area (Å²) in [4.78, 5) is 1.46. The van der Waals surface area contributed by atoms with E-state index in [0.717, 1.165) is 25.4 Å². The minimum Gasteiger partial charge on any atom is -0.376 e. The summed E-state index contributed by atoms with van der Waals surface area (Å²) in [5, 5.41) is 0.644. The molecule has 3 atom stereocenters. The Bertz CT molecular complexity index is 462. The molecule has 0 aromatic heterocycles. The van der Waals surface area contributed by atoms with Crippen LogP contribution >= 0.6 is 11.8 Å². The third kappa shape index (κ3) is 2.22. The Morgan fingerprint density at radius 2 is 2.16 bits per heavy atom. The number of ether oxygens (including phenoxy) is 1. The molecule has 0 radical (unpaired) electrons. The Labute approximate surface area is 119 Å². The van der Waals surface area contributed by atoms with Gasteiger partial charge in [-0.25, -0.2) is 0 Å². The molecule has 2 heterocycles. The van der Waals surface area contributed by atoms with Crippen LogP contribution in [0.1, 0.15) is 31.2 Å². The summed E-state index contributed by atoms with van der Waals surface area (Å²) in [6, 6.07) is 8.78. The van der Waals surface area contributed by atoms with E-state index in [4.69, 9.17) is 10.5 Å². The highest BCUT2D eigenvalue weighted by molar-refractivity contribution is 8.00. The van der Waals surface area contributed by atoms with E-state index >= 15 is 0 Å². The highest BCUT2D eigenvalue weighted by Crippen LogP contribution is 2.47. The number of thioether (sulfide) groups is 1. The monoisotopic (exact) mass is 275 g/mol. The molecular formula is C16H21NOS. The summed E-state index contributed by atoms with van der Waals surface area (Å²) in [5.74, 6) is 0.751. The molecule has 3 heteroatoms. The van der Waals surface area contributed by atoms with E-state index in [9.17, 15) is 0 Å². The topological polar surface area (TPSA) is 35.2 Å². The molecule has 1 aromatic rings. The quantitative estimate of drug-likeness (QED) is 0.921. The molecule has 19 heavy (non-hydrogen) atoms. The van der Waals surface area contributed by atoms with E-state index < -0.39 is 0 Å². The summed E-state index contributed by atoms with van der Waals surface area (Å²) >= 11 is 2.02. The fourth-order valence-electron chi connectivity index (χ4n) is 3.70. The number of benzene rings is 1. The van der Waals surface area contributed by atoms with Crippen molar-refractivity contribution in [3.63, 3.8) is 0 Å². The van der Waals surface area contributed by atoms with Gasteiger partial charge in [0.25, 0.3) is 0 Å². The summed E-state index contributed by atoms with van der Waals surface area (Å²) in [6.07, 6.45) is 6.30. The first-order valence-electron chi connectivity index (χ1n) is 7.40. The first kappa shape index (κ1) is 12.2. The van der Waals surface area contributed by atoms with Crippen molar-refractivity contribution in [2.24, 2.45) is 11.7 Å². The van der Waals surface area contributed by atoms with Crippen molar-refractivity contribution < 1.29 is 4.74 Å². The van der Waals surface area contributed by atoms with Gasteiger partial charge in [0, 0.05) is 22.3 Å². The number of rotatable bonds is 3. The van der Waals surface area contributed by atoms with Gasteiger partial charge in [-0.3, -0.25) is 0 Å². The molecule has 2 N–H and O–H groups in total. The maximum absolute atomic E-state index is 6.72. The Hall–Kier alpha value is -0.510.